The minimum Gasteiger partial charge on any atom is -0.492 e. The number of halogens is 4. The van der Waals surface area contributed by atoms with E-state index in [0.29, 0.717) is 34.9 Å². The molecule has 1 heterocycles. The van der Waals surface area contributed by atoms with Crippen LogP contribution in [0.15, 0.2) is 77.4 Å². The Morgan fingerprint density at radius 3 is 2.46 bits per heavy atom. The molecule has 0 aromatic heterocycles. The fourth-order valence-electron chi connectivity index (χ4n) is 3.64. The number of hydrogen-bond donors (Lipinski definition) is 0. The molecular formula is C26H20F3IN2O3. The Balaban J connectivity index is 1.84. The van der Waals surface area contributed by atoms with Crippen LogP contribution in [0, 0.1) is 3.57 Å². The Labute approximate surface area is 214 Å². The summed E-state index contributed by atoms with van der Waals surface area (Å²) in [4.78, 5) is 13.5. The molecule has 0 saturated carbocycles. The van der Waals surface area contributed by atoms with Crippen LogP contribution in [0.25, 0.3) is 6.08 Å². The molecule has 35 heavy (non-hydrogen) atoms. The van der Waals surface area contributed by atoms with Crippen molar-refractivity contribution in [2.45, 2.75) is 13.1 Å². The van der Waals surface area contributed by atoms with Gasteiger partial charge in [-0.25, -0.2) is 0 Å². The van der Waals surface area contributed by atoms with Crippen LogP contribution < -0.4 is 14.5 Å². The highest BCUT2D eigenvalue weighted by molar-refractivity contribution is 14.1. The molecule has 0 aliphatic carbocycles. The lowest BCUT2D eigenvalue weighted by Crippen LogP contribution is -2.22. The number of amides is 1. The fourth-order valence-corrected chi connectivity index (χ4v) is 4.49. The summed E-state index contributed by atoms with van der Waals surface area (Å²) in [5.41, 5.74) is 1.10. The van der Waals surface area contributed by atoms with E-state index >= 15 is 0 Å². The molecule has 9 heteroatoms. The van der Waals surface area contributed by atoms with Crippen LogP contribution in [0.5, 0.6) is 11.5 Å². The van der Waals surface area contributed by atoms with Gasteiger partial charge in [-0.15, -0.1) is 0 Å². The number of ether oxygens (including phenoxy) is 2. The maximum Gasteiger partial charge on any atom is 0.416 e. The summed E-state index contributed by atoms with van der Waals surface area (Å²) in [5, 5.41) is 5.43. The van der Waals surface area contributed by atoms with Gasteiger partial charge in [0, 0.05) is 5.56 Å². The molecule has 4 rings (SSSR count). The fraction of sp³-hybridized carbons (Fsp3) is 0.154. The molecule has 0 spiro atoms. The minimum absolute atomic E-state index is 0.0287. The molecule has 0 radical (unpaired) electrons. The molecule has 180 valence electrons. The second kappa shape index (κ2) is 10.1. The van der Waals surface area contributed by atoms with E-state index in [2.05, 4.69) is 27.7 Å². The maximum absolute atomic E-state index is 13.5. The lowest BCUT2D eigenvalue weighted by molar-refractivity contribution is -0.137. The van der Waals surface area contributed by atoms with Gasteiger partial charge in [-0.05, 0) is 71.5 Å². The second-order valence-corrected chi connectivity index (χ2v) is 8.67. The highest BCUT2D eigenvalue weighted by atomic mass is 127. The van der Waals surface area contributed by atoms with E-state index in [0.717, 1.165) is 20.7 Å². The molecule has 0 saturated heterocycles. The first kappa shape index (κ1) is 24.8. The number of hydrogen-bond acceptors (Lipinski definition) is 4. The molecule has 0 bridgehead atoms. The number of methoxy groups -OCH3 is 1. The predicted octanol–water partition coefficient (Wildman–Crippen LogP) is 6.55. The first-order valence-electron chi connectivity index (χ1n) is 10.6. The van der Waals surface area contributed by atoms with Crippen molar-refractivity contribution in [3.05, 3.63) is 92.6 Å². The number of nitrogens with zero attached hydrogens (tertiary/aromatic N) is 2. The summed E-state index contributed by atoms with van der Waals surface area (Å²) in [6.07, 6.45) is -2.88. The first-order valence-corrected chi connectivity index (χ1v) is 11.7. The average Bonchev–Trinajstić information content (AvgIpc) is 3.15. The van der Waals surface area contributed by atoms with Gasteiger partial charge in [-0.1, -0.05) is 36.4 Å². The smallest absolute Gasteiger partial charge is 0.416 e. The molecule has 1 aliphatic rings. The van der Waals surface area contributed by atoms with Crippen LogP contribution >= 0.6 is 22.6 Å². The van der Waals surface area contributed by atoms with Gasteiger partial charge in [-0.2, -0.15) is 23.3 Å². The zero-order valence-electron chi connectivity index (χ0n) is 18.8. The largest absolute Gasteiger partial charge is 0.492 e. The quantitative estimate of drug-likeness (QED) is 0.241. The number of carbonyl (C=O) groups is 1. The van der Waals surface area contributed by atoms with Crippen LogP contribution in [0.3, 0.4) is 0 Å². The summed E-state index contributed by atoms with van der Waals surface area (Å²) in [7, 11) is 1.55. The van der Waals surface area contributed by atoms with Crippen molar-refractivity contribution in [3.8, 4) is 11.5 Å². The number of carbonyl (C=O) groups excluding carboxylic acids is 1. The van der Waals surface area contributed by atoms with Crippen molar-refractivity contribution < 1.29 is 27.4 Å². The predicted molar refractivity (Wildman–Crippen MR) is 137 cm³/mol. The normalized spacial score (nSPS) is 14.9. The van der Waals surface area contributed by atoms with E-state index in [1.165, 1.54) is 12.1 Å². The SMILES string of the molecule is CCOc1cc(/C=C2\C(=O)N(c3cccc(C(F)(F)F)c3)N=C2c2ccccc2)cc(I)c1OC. The van der Waals surface area contributed by atoms with Gasteiger partial charge in [0.05, 0.1) is 34.1 Å². The molecule has 0 unspecified atom stereocenters. The summed E-state index contributed by atoms with van der Waals surface area (Å²) in [5.74, 6) is 0.564. The monoisotopic (exact) mass is 592 g/mol. The van der Waals surface area contributed by atoms with Crippen LogP contribution in [0.4, 0.5) is 18.9 Å². The summed E-state index contributed by atoms with van der Waals surface area (Å²) in [6, 6.07) is 17.1. The molecule has 0 atom stereocenters. The standard InChI is InChI=1S/C26H20F3IN2O3/c1-3-35-22-14-16(13-21(30)24(22)34-2)12-20-23(17-8-5-4-6-9-17)31-32(25(20)33)19-11-7-10-18(15-19)26(27,28)29/h4-15H,3H2,1-2H3/b20-12-. The molecule has 1 amide bonds. The zero-order chi connectivity index (χ0) is 25.2. The van der Waals surface area contributed by atoms with Gasteiger partial charge in [0.25, 0.3) is 5.91 Å². The summed E-state index contributed by atoms with van der Waals surface area (Å²) >= 11 is 2.12. The molecule has 1 aliphatic heterocycles. The highest BCUT2D eigenvalue weighted by Gasteiger charge is 2.35. The number of anilines is 1. The number of alkyl halides is 3. The molecule has 3 aromatic rings. The van der Waals surface area contributed by atoms with E-state index < -0.39 is 17.6 Å². The van der Waals surface area contributed by atoms with E-state index in [1.54, 1.807) is 43.5 Å². The summed E-state index contributed by atoms with van der Waals surface area (Å²) in [6.45, 7) is 2.27. The Hall–Kier alpha value is -3.34. The molecule has 3 aromatic carbocycles. The number of hydrazone groups is 1. The van der Waals surface area contributed by atoms with Crippen molar-refractivity contribution in [1.29, 1.82) is 0 Å². The Morgan fingerprint density at radius 2 is 1.80 bits per heavy atom. The second-order valence-electron chi connectivity index (χ2n) is 7.50. The van der Waals surface area contributed by atoms with Crippen molar-refractivity contribution in [2.24, 2.45) is 5.10 Å². The third kappa shape index (κ3) is 5.19. The maximum atomic E-state index is 13.5. The van der Waals surface area contributed by atoms with E-state index in [9.17, 15) is 18.0 Å². The van der Waals surface area contributed by atoms with Gasteiger partial charge in [-0.3, -0.25) is 4.79 Å². The van der Waals surface area contributed by atoms with E-state index in [1.807, 2.05) is 19.1 Å². The van der Waals surface area contributed by atoms with Crippen LogP contribution in [-0.2, 0) is 11.0 Å². The average molecular weight is 592 g/mol. The zero-order valence-corrected chi connectivity index (χ0v) is 20.9. The van der Waals surface area contributed by atoms with Crippen LogP contribution in [0.2, 0.25) is 0 Å². The molecule has 5 nitrogen and oxygen atoms in total. The third-order valence-electron chi connectivity index (χ3n) is 5.19. The minimum atomic E-state index is -4.54. The lowest BCUT2D eigenvalue weighted by Gasteiger charge is -2.14. The molecule has 0 N–H and O–H groups in total. The highest BCUT2D eigenvalue weighted by Crippen LogP contribution is 2.37. The van der Waals surface area contributed by atoms with Crippen molar-refractivity contribution in [2.75, 3.05) is 18.7 Å². The van der Waals surface area contributed by atoms with Gasteiger partial charge in [0.2, 0.25) is 0 Å². The Bertz CT molecular complexity index is 1320. The van der Waals surface area contributed by atoms with Gasteiger partial charge in [0.15, 0.2) is 11.5 Å². The van der Waals surface area contributed by atoms with Crippen molar-refractivity contribution in [1.82, 2.24) is 0 Å². The van der Waals surface area contributed by atoms with Gasteiger partial charge >= 0.3 is 6.18 Å². The van der Waals surface area contributed by atoms with E-state index in [-0.39, 0.29) is 11.3 Å². The Kier molecular flexibility index (Phi) is 7.15. The van der Waals surface area contributed by atoms with Gasteiger partial charge in [0.1, 0.15) is 5.71 Å². The topological polar surface area (TPSA) is 51.1 Å². The number of rotatable bonds is 6. The van der Waals surface area contributed by atoms with Crippen LogP contribution in [-0.4, -0.2) is 25.3 Å². The number of benzene rings is 3. The Morgan fingerprint density at radius 1 is 1.06 bits per heavy atom. The van der Waals surface area contributed by atoms with Gasteiger partial charge < -0.3 is 9.47 Å². The molecule has 0 fully saturated rings. The lowest BCUT2D eigenvalue weighted by atomic mass is 10.00. The van der Waals surface area contributed by atoms with Crippen LogP contribution in [0.1, 0.15) is 23.6 Å². The first-order chi connectivity index (χ1) is 16.7. The van der Waals surface area contributed by atoms with Crippen molar-refractivity contribution in [3.63, 3.8) is 0 Å². The van der Waals surface area contributed by atoms with Crippen molar-refractivity contribution >= 4 is 46.0 Å². The molecular weight excluding hydrogens is 572 g/mol. The summed E-state index contributed by atoms with van der Waals surface area (Å²) < 4.78 is 51.8. The third-order valence-corrected chi connectivity index (χ3v) is 5.99. The van der Waals surface area contributed by atoms with E-state index in [4.69, 9.17) is 9.47 Å².